The highest BCUT2D eigenvalue weighted by Crippen LogP contribution is 2.18. The molecule has 3 heteroatoms. The summed E-state index contributed by atoms with van der Waals surface area (Å²) >= 11 is 0. The van der Waals surface area contributed by atoms with Gasteiger partial charge in [0.25, 0.3) is 0 Å². The average molecular weight is 283 g/mol. The molecule has 0 aliphatic carbocycles. The minimum Gasteiger partial charge on any atom is -0.481 e. The molecule has 110 valence electrons. The number of hydrogen-bond donors (Lipinski definition) is 1. The molecule has 2 rings (SSSR count). The zero-order valence-corrected chi connectivity index (χ0v) is 12.5. The molecule has 0 bridgehead atoms. The second-order valence-electron chi connectivity index (χ2n) is 5.39. The Labute approximate surface area is 125 Å². The maximum Gasteiger partial charge on any atom is 0.305 e. The van der Waals surface area contributed by atoms with Gasteiger partial charge in [-0.2, -0.15) is 0 Å². The van der Waals surface area contributed by atoms with Crippen LogP contribution in [-0.2, 0) is 11.3 Å². The third-order valence-electron chi connectivity index (χ3n) is 3.49. The Bertz CT molecular complexity index is 588. The Morgan fingerprint density at radius 3 is 2.00 bits per heavy atom. The van der Waals surface area contributed by atoms with Gasteiger partial charge < -0.3 is 10.0 Å². The fourth-order valence-corrected chi connectivity index (χ4v) is 2.20. The first kappa shape index (κ1) is 15.1. The lowest BCUT2D eigenvalue weighted by Gasteiger charge is -2.24. The minimum absolute atomic E-state index is 0.139. The summed E-state index contributed by atoms with van der Waals surface area (Å²) in [4.78, 5) is 13.0. The van der Waals surface area contributed by atoms with Crippen molar-refractivity contribution in [2.24, 2.45) is 0 Å². The Balaban J connectivity index is 2.16. The predicted octanol–water partition coefficient (Wildman–Crippen LogP) is 3.78. The SMILES string of the molecule is Cc1ccc(CN(CCC(=O)O)c2ccc(C)cc2)cc1. The highest BCUT2D eigenvalue weighted by Gasteiger charge is 2.09. The van der Waals surface area contributed by atoms with Crippen LogP contribution in [0.5, 0.6) is 0 Å². The maximum atomic E-state index is 10.9. The van der Waals surface area contributed by atoms with Crippen molar-refractivity contribution >= 4 is 11.7 Å². The number of rotatable bonds is 6. The van der Waals surface area contributed by atoms with E-state index in [4.69, 9.17) is 5.11 Å². The number of benzene rings is 2. The molecule has 0 saturated heterocycles. The number of aryl methyl sites for hydroxylation is 2. The largest absolute Gasteiger partial charge is 0.481 e. The van der Waals surface area contributed by atoms with Gasteiger partial charge >= 0.3 is 5.97 Å². The van der Waals surface area contributed by atoms with Gasteiger partial charge in [-0.3, -0.25) is 4.79 Å². The normalized spacial score (nSPS) is 10.4. The number of carboxylic acids is 1. The van der Waals surface area contributed by atoms with Gasteiger partial charge in [-0.1, -0.05) is 47.5 Å². The summed E-state index contributed by atoms with van der Waals surface area (Å²) in [6.45, 7) is 5.33. The fraction of sp³-hybridized carbons (Fsp3) is 0.278. The van der Waals surface area contributed by atoms with Crippen LogP contribution in [0, 0.1) is 13.8 Å². The zero-order chi connectivity index (χ0) is 15.2. The number of anilines is 1. The second kappa shape index (κ2) is 6.93. The van der Waals surface area contributed by atoms with Crippen molar-refractivity contribution in [2.75, 3.05) is 11.4 Å². The van der Waals surface area contributed by atoms with Crippen molar-refractivity contribution in [3.8, 4) is 0 Å². The summed E-state index contributed by atoms with van der Waals surface area (Å²) in [6.07, 6.45) is 0.139. The van der Waals surface area contributed by atoms with Gasteiger partial charge in [-0.25, -0.2) is 0 Å². The van der Waals surface area contributed by atoms with Gasteiger partial charge in [0, 0.05) is 18.8 Å². The number of carboxylic acid groups (broad SMARTS) is 1. The predicted molar refractivity (Wildman–Crippen MR) is 85.7 cm³/mol. The molecule has 2 aromatic rings. The molecule has 1 N–H and O–H groups in total. The summed E-state index contributed by atoms with van der Waals surface area (Å²) in [7, 11) is 0. The molecule has 21 heavy (non-hydrogen) atoms. The van der Waals surface area contributed by atoms with E-state index in [1.807, 2.05) is 19.1 Å². The lowest BCUT2D eigenvalue weighted by atomic mass is 10.1. The molecule has 0 atom stereocenters. The Morgan fingerprint density at radius 2 is 1.48 bits per heavy atom. The summed E-state index contributed by atoms with van der Waals surface area (Å²) in [6, 6.07) is 16.6. The smallest absolute Gasteiger partial charge is 0.305 e. The van der Waals surface area contributed by atoms with E-state index in [0.717, 1.165) is 12.2 Å². The molecular formula is C18H21NO2. The number of hydrogen-bond acceptors (Lipinski definition) is 2. The van der Waals surface area contributed by atoms with Crippen LogP contribution >= 0.6 is 0 Å². The highest BCUT2D eigenvalue weighted by molar-refractivity contribution is 5.67. The topological polar surface area (TPSA) is 40.5 Å². The molecule has 0 aliphatic rings. The summed E-state index contributed by atoms with van der Waals surface area (Å²) in [5, 5.41) is 8.93. The molecule has 0 unspecified atom stereocenters. The van der Waals surface area contributed by atoms with Crippen molar-refractivity contribution in [3.05, 3.63) is 65.2 Å². The molecule has 0 radical (unpaired) electrons. The molecule has 0 heterocycles. The molecular weight excluding hydrogens is 262 g/mol. The maximum absolute atomic E-state index is 10.9. The Morgan fingerprint density at radius 1 is 0.952 bits per heavy atom. The van der Waals surface area contributed by atoms with E-state index in [1.54, 1.807) is 0 Å². The number of carbonyl (C=O) groups is 1. The van der Waals surface area contributed by atoms with Gasteiger partial charge in [0.05, 0.1) is 6.42 Å². The fourth-order valence-electron chi connectivity index (χ4n) is 2.20. The molecule has 0 saturated carbocycles. The summed E-state index contributed by atoms with van der Waals surface area (Å²) < 4.78 is 0. The van der Waals surface area contributed by atoms with Crippen LogP contribution in [0.15, 0.2) is 48.5 Å². The minimum atomic E-state index is -0.768. The van der Waals surface area contributed by atoms with E-state index in [0.29, 0.717) is 6.54 Å². The standard InChI is InChI=1S/C18H21NO2/c1-14-3-7-16(8-4-14)13-19(12-11-18(20)21)17-9-5-15(2)6-10-17/h3-10H,11-13H2,1-2H3,(H,20,21). The first-order valence-corrected chi connectivity index (χ1v) is 7.13. The van der Waals surface area contributed by atoms with Gasteiger partial charge in [-0.15, -0.1) is 0 Å². The molecule has 0 amide bonds. The molecule has 0 spiro atoms. The van der Waals surface area contributed by atoms with Crippen LogP contribution in [0.1, 0.15) is 23.1 Å². The van der Waals surface area contributed by atoms with Crippen LogP contribution < -0.4 is 4.90 Å². The molecule has 0 aromatic heterocycles. The van der Waals surface area contributed by atoms with E-state index in [2.05, 4.69) is 48.2 Å². The van der Waals surface area contributed by atoms with Crippen molar-refractivity contribution in [1.82, 2.24) is 0 Å². The van der Waals surface area contributed by atoms with E-state index < -0.39 is 5.97 Å². The van der Waals surface area contributed by atoms with Crippen LogP contribution in [0.4, 0.5) is 5.69 Å². The van der Waals surface area contributed by atoms with Crippen molar-refractivity contribution in [2.45, 2.75) is 26.8 Å². The quantitative estimate of drug-likeness (QED) is 0.877. The Hall–Kier alpha value is -2.29. The third kappa shape index (κ3) is 4.63. The third-order valence-corrected chi connectivity index (χ3v) is 3.49. The number of aliphatic carboxylic acids is 1. The lowest BCUT2D eigenvalue weighted by Crippen LogP contribution is -2.25. The van der Waals surface area contributed by atoms with Crippen LogP contribution in [-0.4, -0.2) is 17.6 Å². The average Bonchev–Trinajstić information content (AvgIpc) is 2.46. The van der Waals surface area contributed by atoms with Gasteiger partial charge in [0.15, 0.2) is 0 Å². The molecule has 2 aromatic carbocycles. The van der Waals surface area contributed by atoms with Crippen molar-refractivity contribution in [1.29, 1.82) is 0 Å². The first-order valence-electron chi connectivity index (χ1n) is 7.13. The van der Waals surface area contributed by atoms with E-state index in [1.165, 1.54) is 16.7 Å². The van der Waals surface area contributed by atoms with E-state index in [9.17, 15) is 4.79 Å². The molecule has 0 fully saturated rings. The van der Waals surface area contributed by atoms with Crippen LogP contribution in [0.3, 0.4) is 0 Å². The van der Waals surface area contributed by atoms with E-state index >= 15 is 0 Å². The summed E-state index contributed by atoms with van der Waals surface area (Å²) in [5.41, 5.74) is 4.67. The van der Waals surface area contributed by atoms with Gasteiger partial charge in [-0.05, 0) is 31.5 Å². The van der Waals surface area contributed by atoms with Crippen LogP contribution in [0.25, 0.3) is 0 Å². The lowest BCUT2D eigenvalue weighted by molar-refractivity contribution is -0.136. The van der Waals surface area contributed by atoms with Crippen LogP contribution in [0.2, 0.25) is 0 Å². The van der Waals surface area contributed by atoms with Gasteiger partial charge in [0.2, 0.25) is 0 Å². The van der Waals surface area contributed by atoms with Crippen molar-refractivity contribution < 1.29 is 9.90 Å². The molecule has 3 nitrogen and oxygen atoms in total. The van der Waals surface area contributed by atoms with Crippen molar-refractivity contribution in [3.63, 3.8) is 0 Å². The highest BCUT2D eigenvalue weighted by atomic mass is 16.4. The van der Waals surface area contributed by atoms with E-state index in [-0.39, 0.29) is 6.42 Å². The molecule has 0 aliphatic heterocycles. The van der Waals surface area contributed by atoms with Gasteiger partial charge in [0.1, 0.15) is 0 Å². The zero-order valence-electron chi connectivity index (χ0n) is 12.5. The Kier molecular flexibility index (Phi) is 4.99. The second-order valence-corrected chi connectivity index (χ2v) is 5.39. The summed E-state index contributed by atoms with van der Waals surface area (Å²) in [5.74, 6) is -0.768. The first-order chi connectivity index (χ1) is 10.0. The monoisotopic (exact) mass is 283 g/mol. The number of nitrogens with zero attached hydrogens (tertiary/aromatic N) is 1.